The highest BCUT2D eigenvalue weighted by Gasteiger charge is 2.17. The van der Waals surface area contributed by atoms with Gasteiger partial charge < -0.3 is 10.2 Å². The molecule has 0 aliphatic heterocycles. The summed E-state index contributed by atoms with van der Waals surface area (Å²) in [6, 6.07) is 17.6. The van der Waals surface area contributed by atoms with Crippen LogP contribution in [0.2, 0.25) is 0 Å². The van der Waals surface area contributed by atoms with Gasteiger partial charge in [-0.15, -0.1) is 0 Å². The molecule has 0 aliphatic rings. The van der Waals surface area contributed by atoms with Crippen LogP contribution in [0.15, 0.2) is 73.2 Å². The molecular formula is C21H22N4O. The minimum absolute atomic E-state index is 0.0105. The Labute approximate surface area is 153 Å². The number of anilines is 1. The summed E-state index contributed by atoms with van der Waals surface area (Å²) in [4.78, 5) is 23.3. The molecule has 1 aromatic carbocycles. The molecule has 5 nitrogen and oxygen atoms in total. The second-order valence-corrected chi connectivity index (χ2v) is 6.00. The standard InChI is InChI=1S/C21H22N4O/c1-22-20-14-19(9-12-24-20)21(26)25(16-18-8-5-11-23-15-18)13-10-17-6-3-2-4-7-17/h2-9,11-12,14-15H,10,13,16H2,1H3,(H,22,24). The van der Waals surface area contributed by atoms with Gasteiger partial charge in [-0.05, 0) is 35.7 Å². The molecule has 5 heteroatoms. The zero-order chi connectivity index (χ0) is 18.2. The molecule has 2 heterocycles. The normalized spacial score (nSPS) is 10.3. The predicted octanol–water partition coefficient (Wildman–Crippen LogP) is 3.40. The summed E-state index contributed by atoms with van der Waals surface area (Å²) in [5.74, 6) is 0.670. The SMILES string of the molecule is CNc1cc(C(=O)N(CCc2ccccc2)Cc2cccnc2)ccn1. The predicted molar refractivity (Wildman–Crippen MR) is 103 cm³/mol. The van der Waals surface area contributed by atoms with Gasteiger partial charge in [0.1, 0.15) is 5.82 Å². The molecule has 0 saturated carbocycles. The van der Waals surface area contributed by atoms with Crippen LogP contribution >= 0.6 is 0 Å². The lowest BCUT2D eigenvalue weighted by Gasteiger charge is -2.23. The van der Waals surface area contributed by atoms with Crippen molar-refractivity contribution in [2.45, 2.75) is 13.0 Å². The molecule has 3 rings (SSSR count). The molecule has 0 spiro atoms. The van der Waals surface area contributed by atoms with E-state index in [9.17, 15) is 4.79 Å². The third kappa shape index (κ3) is 4.66. The minimum atomic E-state index is -0.0105. The molecule has 0 unspecified atom stereocenters. The van der Waals surface area contributed by atoms with Gasteiger partial charge in [0, 0.05) is 44.3 Å². The van der Waals surface area contributed by atoms with Crippen molar-refractivity contribution in [3.63, 3.8) is 0 Å². The topological polar surface area (TPSA) is 58.1 Å². The number of pyridine rings is 2. The highest BCUT2D eigenvalue weighted by Crippen LogP contribution is 2.13. The molecule has 3 aromatic rings. The van der Waals surface area contributed by atoms with Gasteiger partial charge in [0.2, 0.25) is 0 Å². The van der Waals surface area contributed by atoms with Gasteiger partial charge in [0.05, 0.1) is 0 Å². The van der Waals surface area contributed by atoms with Crippen LogP contribution in [0.4, 0.5) is 5.82 Å². The number of rotatable bonds is 7. The Bertz CT molecular complexity index is 837. The summed E-state index contributed by atoms with van der Waals surface area (Å²) in [5.41, 5.74) is 2.85. The van der Waals surface area contributed by atoms with Gasteiger partial charge in [0.15, 0.2) is 0 Å². The lowest BCUT2D eigenvalue weighted by molar-refractivity contribution is 0.0745. The Morgan fingerprint density at radius 2 is 1.85 bits per heavy atom. The van der Waals surface area contributed by atoms with Crippen molar-refractivity contribution in [3.8, 4) is 0 Å². The number of carbonyl (C=O) groups is 1. The Morgan fingerprint density at radius 3 is 2.58 bits per heavy atom. The summed E-state index contributed by atoms with van der Waals surface area (Å²) in [5, 5.41) is 2.98. The van der Waals surface area contributed by atoms with Gasteiger partial charge in [-0.3, -0.25) is 9.78 Å². The average molecular weight is 346 g/mol. The van der Waals surface area contributed by atoms with E-state index in [1.165, 1.54) is 5.56 Å². The minimum Gasteiger partial charge on any atom is -0.373 e. The van der Waals surface area contributed by atoms with Gasteiger partial charge >= 0.3 is 0 Å². The Morgan fingerprint density at radius 1 is 1.04 bits per heavy atom. The molecule has 1 amide bonds. The van der Waals surface area contributed by atoms with Gasteiger partial charge in [-0.1, -0.05) is 36.4 Å². The van der Waals surface area contributed by atoms with Crippen molar-refractivity contribution >= 4 is 11.7 Å². The van der Waals surface area contributed by atoms with Crippen LogP contribution in [0, 0.1) is 0 Å². The van der Waals surface area contributed by atoms with Crippen molar-refractivity contribution in [2.24, 2.45) is 0 Å². The van der Waals surface area contributed by atoms with Crippen LogP contribution in [0.25, 0.3) is 0 Å². The number of hydrogen-bond donors (Lipinski definition) is 1. The second-order valence-electron chi connectivity index (χ2n) is 6.00. The number of benzene rings is 1. The summed E-state index contributed by atoms with van der Waals surface area (Å²) >= 11 is 0. The monoisotopic (exact) mass is 346 g/mol. The van der Waals surface area contributed by atoms with E-state index < -0.39 is 0 Å². The largest absolute Gasteiger partial charge is 0.373 e. The summed E-state index contributed by atoms with van der Waals surface area (Å²) in [6.07, 6.45) is 5.99. The van der Waals surface area contributed by atoms with Crippen LogP contribution in [0.1, 0.15) is 21.5 Å². The molecule has 26 heavy (non-hydrogen) atoms. The second kappa shape index (κ2) is 8.76. The smallest absolute Gasteiger partial charge is 0.254 e. The molecule has 0 aliphatic carbocycles. The summed E-state index contributed by atoms with van der Waals surface area (Å²) in [7, 11) is 1.79. The van der Waals surface area contributed by atoms with E-state index in [0.717, 1.165) is 12.0 Å². The maximum atomic E-state index is 13.1. The molecule has 0 radical (unpaired) electrons. The molecule has 0 saturated heterocycles. The third-order valence-electron chi connectivity index (χ3n) is 4.16. The van der Waals surface area contributed by atoms with Crippen LogP contribution in [0.5, 0.6) is 0 Å². The maximum Gasteiger partial charge on any atom is 0.254 e. The van der Waals surface area contributed by atoms with E-state index in [2.05, 4.69) is 27.4 Å². The van der Waals surface area contributed by atoms with Gasteiger partial charge in [-0.2, -0.15) is 0 Å². The molecule has 0 bridgehead atoms. The quantitative estimate of drug-likeness (QED) is 0.712. The molecular weight excluding hydrogens is 324 g/mol. The number of aromatic nitrogens is 2. The third-order valence-corrected chi connectivity index (χ3v) is 4.16. The van der Waals surface area contributed by atoms with E-state index in [-0.39, 0.29) is 5.91 Å². The van der Waals surface area contributed by atoms with Crippen LogP contribution in [-0.4, -0.2) is 34.4 Å². The van der Waals surface area contributed by atoms with E-state index in [4.69, 9.17) is 0 Å². The fraction of sp³-hybridized carbons (Fsp3) is 0.190. The molecule has 0 atom stereocenters. The zero-order valence-corrected chi connectivity index (χ0v) is 14.8. The van der Waals surface area contributed by atoms with Crippen molar-refractivity contribution in [1.82, 2.24) is 14.9 Å². The first kappa shape index (κ1) is 17.6. The van der Waals surface area contributed by atoms with E-state index >= 15 is 0 Å². The molecule has 1 N–H and O–H groups in total. The number of amides is 1. The van der Waals surface area contributed by atoms with E-state index in [1.807, 2.05) is 35.2 Å². The molecule has 2 aromatic heterocycles. The number of nitrogens with zero attached hydrogens (tertiary/aromatic N) is 3. The van der Waals surface area contributed by atoms with Crippen LogP contribution < -0.4 is 5.32 Å². The van der Waals surface area contributed by atoms with E-state index in [0.29, 0.717) is 24.5 Å². The number of nitrogens with one attached hydrogen (secondary N) is 1. The highest BCUT2D eigenvalue weighted by molar-refractivity contribution is 5.94. The lowest BCUT2D eigenvalue weighted by atomic mass is 10.1. The van der Waals surface area contributed by atoms with Gasteiger partial charge in [0.25, 0.3) is 5.91 Å². The Balaban J connectivity index is 1.80. The van der Waals surface area contributed by atoms with Crippen molar-refractivity contribution in [3.05, 3.63) is 89.9 Å². The first-order chi connectivity index (χ1) is 12.8. The number of hydrogen-bond acceptors (Lipinski definition) is 4. The maximum absolute atomic E-state index is 13.1. The fourth-order valence-electron chi connectivity index (χ4n) is 2.76. The first-order valence-corrected chi connectivity index (χ1v) is 8.62. The van der Waals surface area contributed by atoms with Gasteiger partial charge in [-0.25, -0.2) is 4.98 Å². The summed E-state index contributed by atoms with van der Waals surface area (Å²) in [6.45, 7) is 1.16. The zero-order valence-electron chi connectivity index (χ0n) is 14.8. The molecule has 132 valence electrons. The molecule has 0 fully saturated rings. The van der Waals surface area contributed by atoms with E-state index in [1.54, 1.807) is 37.8 Å². The lowest BCUT2D eigenvalue weighted by Crippen LogP contribution is -2.32. The number of carbonyl (C=O) groups excluding carboxylic acids is 1. The first-order valence-electron chi connectivity index (χ1n) is 8.62. The van der Waals surface area contributed by atoms with Crippen molar-refractivity contribution < 1.29 is 4.79 Å². The Kier molecular flexibility index (Phi) is 5.93. The van der Waals surface area contributed by atoms with Crippen molar-refractivity contribution in [2.75, 3.05) is 18.9 Å². The van der Waals surface area contributed by atoms with Crippen LogP contribution in [-0.2, 0) is 13.0 Å². The summed E-state index contributed by atoms with van der Waals surface area (Å²) < 4.78 is 0. The average Bonchev–Trinajstić information content (AvgIpc) is 2.72. The Hall–Kier alpha value is -3.21. The van der Waals surface area contributed by atoms with Crippen molar-refractivity contribution in [1.29, 1.82) is 0 Å². The highest BCUT2D eigenvalue weighted by atomic mass is 16.2. The fourth-order valence-corrected chi connectivity index (χ4v) is 2.76. The van der Waals surface area contributed by atoms with Crippen LogP contribution in [0.3, 0.4) is 0 Å².